The van der Waals surface area contributed by atoms with Crippen LogP contribution in [0, 0.1) is 6.92 Å². The number of aromatic nitrogens is 2. The maximum absolute atomic E-state index is 4.62. The SMILES string of the molecule is C=CC(C)Nc1nc(NCCCC)nc2ccc(C)cc12. The number of fused-ring (bicyclic) bond motifs is 1. The first-order valence-electron chi connectivity index (χ1n) is 7.55. The molecule has 0 saturated heterocycles. The first-order valence-corrected chi connectivity index (χ1v) is 7.55. The fourth-order valence-electron chi connectivity index (χ4n) is 2.08. The van der Waals surface area contributed by atoms with Crippen molar-refractivity contribution in [2.75, 3.05) is 17.2 Å². The number of rotatable bonds is 7. The lowest BCUT2D eigenvalue weighted by Gasteiger charge is -2.14. The van der Waals surface area contributed by atoms with Crippen molar-refractivity contribution in [2.45, 2.75) is 39.7 Å². The zero-order chi connectivity index (χ0) is 15.2. The minimum Gasteiger partial charge on any atom is -0.363 e. The van der Waals surface area contributed by atoms with Gasteiger partial charge in [0.15, 0.2) is 0 Å². The lowest BCUT2D eigenvalue weighted by Crippen LogP contribution is -2.14. The van der Waals surface area contributed by atoms with E-state index >= 15 is 0 Å². The normalized spacial score (nSPS) is 12.1. The van der Waals surface area contributed by atoms with Crippen molar-refractivity contribution in [2.24, 2.45) is 0 Å². The zero-order valence-corrected chi connectivity index (χ0v) is 13.1. The summed E-state index contributed by atoms with van der Waals surface area (Å²) >= 11 is 0. The molecular weight excluding hydrogens is 260 g/mol. The molecule has 0 saturated carbocycles. The fourth-order valence-corrected chi connectivity index (χ4v) is 2.08. The van der Waals surface area contributed by atoms with Gasteiger partial charge in [-0.2, -0.15) is 4.98 Å². The van der Waals surface area contributed by atoms with Crippen LogP contribution in [0.25, 0.3) is 10.9 Å². The quantitative estimate of drug-likeness (QED) is 0.592. The second-order valence-corrected chi connectivity index (χ2v) is 5.37. The van der Waals surface area contributed by atoms with Crippen molar-refractivity contribution in [1.29, 1.82) is 0 Å². The Morgan fingerprint density at radius 3 is 2.86 bits per heavy atom. The van der Waals surface area contributed by atoms with Gasteiger partial charge in [0, 0.05) is 18.0 Å². The van der Waals surface area contributed by atoms with Gasteiger partial charge in [-0.15, -0.1) is 6.58 Å². The number of hydrogen-bond donors (Lipinski definition) is 2. The summed E-state index contributed by atoms with van der Waals surface area (Å²) in [7, 11) is 0. The molecule has 2 aromatic rings. The van der Waals surface area contributed by atoms with Crippen LogP contribution < -0.4 is 10.6 Å². The van der Waals surface area contributed by atoms with E-state index in [-0.39, 0.29) is 6.04 Å². The minimum atomic E-state index is 0.159. The van der Waals surface area contributed by atoms with E-state index in [9.17, 15) is 0 Å². The minimum absolute atomic E-state index is 0.159. The van der Waals surface area contributed by atoms with E-state index < -0.39 is 0 Å². The Balaban J connectivity index is 2.39. The molecule has 0 fully saturated rings. The second-order valence-electron chi connectivity index (χ2n) is 5.37. The van der Waals surface area contributed by atoms with Crippen LogP contribution in [-0.2, 0) is 0 Å². The van der Waals surface area contributed by atoms with Crippen LogP contribution in [0.2, 0.25) is 0 Å². The van der Waals surface area contributed by atoms with Crippen LogP contribution in [0.3, 0.4) is 0 Å². The third-order valence-electron chi connectivity index (χ3n) is 3.38. The standard InChI is InChI=1S/C17H24N4/c1-5-7-10-18-17-20-15-9-8-12(3)11-14(15)16(21-17)19-13(4)6-2/h6,8-9,11,13H,2,5,7,10H2,1,3-4H3,(H2,18,19,20,21). The summed E-state index contributed by atoms with van der Waals surface area (Å²) in [5.74, 6) is 1.54. The van der Waals surface area contributed by atoms with Crippen LogP contribution in [-0.4, -0.2) is 22.6 Å². The molecule has 2 rings (SSSR count). The highest BCUT2D eigenvalue weighted by Crippen LogP contribution is 2.24. The Labute approximate surface area is 126 Å². The number of unbranched alkanes of at least 4 members (excludes halogenated alkanes) is 1. The van der Waals surface area contributed by atoms with Crippen molar-refractivity contribution in [1.82, 2.24) is 9.97 Å². The summed E-state index contributed by atoms with van der Waals surface area (Å²) in [6.07, 6.45) is 4.13. The van der Waals surface area contributed by atoms with Gasteiger partial charge in [0.1, 0.15) is 5.82 Å². The molecule has 0 aliphatic carbocycles. The van der Waals surface area contributed by atoms with Crippen molar-refractivity contribution >= 4 is 22.7 Å². The summed E-state index contributed by atoms with van der Waals surface area (Å²) in [6.45, 7) is 11.0. The molecule has 0 radical (unpaired) electrons. The smallest absolute Gasteiger partial charge is 0.225 e. The number of nitrogens with zero attached hydrogens (tertiary/aromatic N) is 2. The molecule has 0 aliphatic rings. The molecule has 0 bridgehead atoms. The Hall–Kier alpha value is -2.10. The molecule has 4 nitrogen and oxygen atoms in total. The highest BCUT2D eigenvalue weighted by Gasteiger charge is 2.09. The molecular formula is C17H24N4. The largest absolute Gasteiger partial charge is 0.363 e. The number of anilines is 2. The monoisotopic (exact) mass is 284 g/mol. The van der Waals surface area contributed by atoms with E-state index in [4.69, 9.17) is 0 Å². The van der Waals surface area contributed by atoms with Crippen molar-refractivity contribution in [3.05, 3.63) is 36.4 Å². The second kappa shape index (κ2) is 7.07. The predicted octanol–water partition coefficient (Wildman–Crippen LogP) is 4.14. The molecule has 4 heteroatoms. The van der Waals surface area contributed by atoms with Gasteiger partial charge in [0.2, 0.25) is 5.95 Å². The number of aryl methyl sites for hydroxylation is 1. The van der Waals surface area contributed by atoms with Crippen LogP contribution in [0.4, 0.5) is 11.8 Å². The van der Waals surface area contributed by atoms with Crippen molar-refractivity contribution < 1.29 is 0 Å². The predicted molar refractivity (Wildman–Crippen MR) is 91.0 cm³/mol. The van der Waals surface area contributed by atoms with Crippen molar-refractivity contribution in [3.63, 3.8) is 0 Å². The van der Waals surface area contributed by atoms with E-state index in [0.717, 1.165) is 36.1 Å². The first kappa shape index (κ1) is 15.3. The zero-order valence-electron chi connectivity index (χ0n) is 13.1. The van der Waals surface area contributed by atoms with Gasteiger partial charge in [0.25, 0.3) is 0 Å². The van der Waals surface area contributed by atoms with Crippen molar-refractivity contribution in [3.8, 4) is 0 Å². The van der Waals surface area contributed by atoms with Gasteiger partial charge in [-0.1, -0.05) is 31.1 Å². The maximum atomic E-state index is 4.62. The molecule has 2 N–H and O–H groups in total. The summed E-state index contributed by atoms with van der Waals surface area (Å²) in [5.41, 5.74) is 2.15. The Morgan fingerprint density at radius 1 is 1.33 bits per heavy atom. The van der Waals surface area contributed by atoms with Gasteiger partial charge in [0.05, 0.1) is 5.52 Å². The lowest BCUT2D eigenvalue weighted by atomic mass is 10.1. The molecule has 21 heavy (non-hydrogen) atoms. The fraction of sp³-hybridized carbons (Fsp3) is 0.412. The van der Waals surface area contributed by atoms with Gasteiger partial charge < -0.3 is 10.6 Å². The number of benzene rings is 1. The topological polar surface area (TPSA) is 49.8 Å². The maximum Gasteiger partial charge on any atom is 0.225 e. The first-order chi connectivity index (χ1) is 10.1. The Bertz CT molecular complexity index is 621. The average molecular weight is 284 g/mol. The molecule has 0 amide bonds. The summed E-state index contributed by atoms with van der Waals surface area (Å²) in [4.78, 5) is 9.21. The molecule has 1 unspecified atom stereocenters. The van der Waals surface area contributed by atoms with E-state index in [1.54, 1.807) is 0 Å². The van der Waals surface area contributed by atoms with Gasteiger partial charge in [-0.3, -0.25) is 0 Å². The molecule has 1 heterocycles. The Morgan fingerprint density at radius 2 is 2.14 bits per heavy atom. The number of hydrogen-bond acceptors (Lipinski definition) is 4. The van der Waals surface area contributed by atoms with Gasteiger partial charge in [-0.25, -0.2) is 4.98 Å². The van der Waals surface area contributed by atoms with E-state index in [1.165, 1.54) is 5.56 Å². The molecule has 1 atom stereocenters. The Kier molecular flexibility index (Phi) is 5.14. The van der Waals surface area contributed by atoms with Gasteiger partial charge in [-0.05, 0) is 32.4 Å². The summed E-state index contributed by atoms with van der Waals surface area (Å²) < 4.78 is 0. The molecule has 0 aliphatic heterocycles. The molecule has 1 aromatic carbocycles. The number of nitrogens with one attached hydrogen (secondary N) is 2. The van der Waals surface area contributed by atoms with E-state index in [2.05, 4.69) is 60.1 Å². The van der Waals surface area contributed by atoms with Crippen LogP contribution >= 0.6 is 0 Å². The van der Waals surface area contributed by atoms with Crippen LogP contribution in [0.15, 0.2) is 30.9 Å². The summed E-state index contributed by atoms with van der Waals surface area (Å²) in [6, 6.07) is 6.39. The molecule has 0 spiro atoms. The van der Waals surface area contributed by atoms with E-state index in [1.807, 2.05) is 12.1 Å². The van der Waals surface area contributed by atoms with Gasteiger partial charge >= 0.3 is 0 Å². The lowest BCUT2D eigenvalue weighted by molar-refractivity contribution is 0.827. The molecule has 1 aromatic heterocycles. The van der Waals surface area contributed by atoms with E-state index in [0.29, 0.717) is 5.95 Å². The average Bonchev–Trinajstić information content (AvgIpc) is 2.48. The highest BCUT2D eigenvalue weighted by atomic mass is 15.1. The highest BCUT2D eigenvalue weighted by molar-refractivity contribution is 5.90. The van der Waals surface area contributed by atoms with Crippen LogP contribution in [0.1, 0.15) is 32.3 Å². The summed E-state index contributed by atoms with van der Waals surface area (Å²) in [5, 5.41) is 7.73. The molecule has 112 valence electrons. The van der Waals surface area contributed by atoms with Crippen LogP contribution in [0.5, 0.6) is 0 Å². The third-order valence-corrected chi connectivity index (χ3v) is 3.38. The third kappa shape index (κ3) is 3.94.